The van der Waals surface area contributed by atoms with Crippen LogP contribution in [0.5, 0.6) is 0 Å². The lowest BCUT2D eigenvalue weighted by Crippen LogP contribution is -2.28. The van der Waals surface area contributed by atoms with Crippen molar-refractivity contribution in [2.75, 3.05) is 5.32 Å². The lowest BCUT2D eigenvalue weighted by Gasteiger charge is -2.27. The van der Waals surface area contributed by atoms with E-state index in [0.717, 1.165) is 11.3 Å². The molecule has 0 atom stereocenters. The maximum Gasteiger partial charge on any atom is 0.182 e. The van der Waals surface area contributed by atoms with Crippen LogP contribution < -0.4 is 5.32 Å². The molecule has 5 nitrogen and oxygen atoms in total. The molecule has 0 spiro atoms. The number of anilines is 1. The summed E-state index contributed by atoms with van der Waals surface area (Å²) in [6.45, 7) is 4.24. The number of nitrogens with one attached hydrogen (secondary N) is 2. The first-order valence-electron chi connectivity index (χ1n) is 6.14. The van der Waals surface area contributed by atoms with Crippen molar-refractivity contribution in [1.82, 2.24) is 19.9 Å². The van der Waals surface area contributed by atoms with Crippen molar-refractivity contribution in [3.8, 4) is 0 Å². The van der Waals surface area contributed by atoms with Gasteiger partial charge in [-0.2, -0.15) is 0 Å². The summed E-state index contributed by atoms with van der Waals surface area (Å²) in [7, 11) is 0. The van der Waals surface area contributed by atoms with Gasteiger partial charge in [0, 0.05) is 0 Å². The SMILES string of the molecule is CC(C)(Nc1ncnc2nc[nH]c12)c1ccccc1. The van der Waals surface area contributed by atoms with Gasteiger partial charge in [0.15, 0.2) is 11.5 Å². The fraction of sp³-hybridized carbons (Fsp3) is 0.214. The smallest absolute Gasteiger partial charge is 0.182 e. The molecule has 0 saturated heterocycles. The molecule has 0 fully saturated rings. The van der Waals surface area contributed by atoms with Crippen LogP contribution in [0.4, 0.5) is 5.82 Å². The van der Waals surface area contributed by atoms with Crippen LogP contribution >= 0.6 is 0 Å². The van der Waals surface area contributed by atoms with Crippen LogP contribution in [0.1, 0.15) is 19.4 Å². The molecule has 2 heterocycles. The second kappa shape index (κ2) is 4.35. The van der Waals surface area contributed by atoms with Gasteiger partial charge in [-0.05, 0) is 19.4 Å². The highest BCUT2D eigenvalue weighted by Crippen LogP contribution is 2.26. The molecule has 5 heteroatoms. The number of hydrogen-bond donors (Lipinski definition) is 2. The predicted octanol–water partition coefficient (Wildman–Crippen LogP) is 2.70. The van der Waals surface area contributed by atoms with Crippen LogP contribution in [0.15, 0.2) is 43.0 Å². The molecule has 3 rings (SSSR count). The van der Waals surface area contributed by atoms with Gasteiger partial charge in [-0.25, -0.2) is 15.0 Å². The molecule has 0 saturated carbocycles. The number of H-pyrrole nitrogens is 1. The Kier molecular flexibility index (Phi) is 2.67. The summed E-state index contributed by atoms with van der Waals surface area (Å²) in [5.74, 6) is 0.761. The molecule has 0 aliphatic heterocycles. The van der Waals surface area contributed by atoms with Crippen molar-refractivity contribution < 1.29 is 0 Å². The lowest BCUT2D eigenvalue weighted by molar-refractivity contribution is 0.606. The van der Waals surface area contributed by atoms with Gasteiger partial charge < -0.3 is 10.3 Å². The summed E-state index contributed by atoms with van der Waals surface area (Å²) in [4.78, 5) is 15.6. The molecule has 3 aromatic rings. The average molecular weight is 253 g/mol. The van der Waals surface area contributed by atoms with Gasteiger partial charge in [-0.3, -0.25) is 0 Å². The van der Waals surface area contributed by atoms with E-state index in [2.05, 4.69) is 51.2 Å². The van der Waals surface area contributed by atoms with E-state index in [0.29, 0.717) is 5.65 Å². The summed E-state index contributed by atoms with van der Waals surface area (Å²) < 4.78 is 0. The van der Waals surface area contributed by atoms with Crippen LogP contribution in [0.3, 0.4) is 0 Å². The van der Waals surface area contributed by atoms with Crippen molar-refractivity contribution in [2.45, 2.75) is 19.4 Å². The summed E-state index contributed by atoms with van der Waals surface area (Å²) in [6.07, 6.45) is 3.15. The molecular formula is C14H15N5. The number of aromatic nitrogens is 4. The third-order valence-electron chi connectivity index (χ3n) is 3.15. The zero-order valence-corrected chi connectivity index (χ0v) is 10.9. The Balaban J connectivity index is 1.98. The summed E-state index contributed by atoms with van der Waals surface area (Å²) in [6, 6.07) is 10.3. The lowest BCUT2D eigenvalue weighted by atomic mass is 9.94. The quantitative estimate of drug-likeness (QED) is 0.753. The third-order valence-corrected chi connectivity index (χ3v) is 3.15. The molecule has 2 N–H and O–H groups in total. The topological polar surface area (TPSA) is 66.5 Å². The van der Waals surface area contributed by atoms with Gasteiger partial charge in [-0.15, -0.1) is 0 Å². The maximum absolute atomic E-state index is 4.30. The molecule has 1 aromatic carbocycles. The van der Waals surface area contributed by atoms with Crippen molar-refractivity contribution in [3.05, 3.63) is 48.5 Å². The van der Waals surface area contributed by atoms with Crippen molar-refractivity contribution in [2.24, 2.45) is 0 Å². The third kappa shape index (κ3) is 2.14. The second-order valence-electron chi connectivity index (χ2n) is 4.94. The Hall–Kier alpha value is -2.43. The zero-order chi connectivity index (χ0) is 13.3. The van der Waals surface area contributed by atoms with Crippen molar-refractivity contribution >= 4 is 17.0 Å². The first-order chi connectivity index (χ1) is 9.17. The fourth-order valence-electron chi connectivity index (χ4n) is 2.08. The summed E-state index contributed by atoms with van der Waals surface area (Å²) in [5, 5.41) is 3.44. The highest BCUT2D eigenvalue weighted by molar-refractivity contribution is 5.82. The van der Waals surface area contributed by atoms with Gasteiger partial charge >= 0.3 is 0 Å². The minimum absolute atomic E-state index is 0.229. The number of rotatable bonds is 3. The van der Waals surface area contributed by atoms with E-state index < -0.39 is 0 Å². The van der Waals surface area contributed by atoms with Crippen LogP contribution in [0, 0.1) is 0 Å². The molecule has 0 bridgehead atoms. The van der Waals surface area contributed by atoms with Crippen LogP contribution in [0.2, 0.25) is 0 Å². The first kappa shape index (κ1) is 11.6. The number of fused-ring (bicyclic) bond motifs is 1. The van der Waals surface area contributed by atoms with E-state index >= 15 is 0 Å². The van der Waals surface area contributed by atoms with E-state index in [4.69, 9.17) is 0 Å². The normalized spacial score (nSPS) is 11.7. The van der Waals surface area contributed by atoms with E-state index in [9.17, 15) is 0 Å². The molecule has 0 aliphatic rings. The average Bonchev–Trinajstić information content (AvgIpc) is 2.89. The monoisotopic (exact) mass is 253 g/mol. The Morgan fingerprint density at radius 1 is 1.05 bits per heavy atom. The van der Waals surface area contributed by atoms with Gasteiger partial charge in [0.05, 0.1) is 11.9 Å². The molecule has 0 radical (unpaired) electrons. The largest absolute Gasteiger partial charge is 0.359 e. The number of benzene rings is 1. The summed E-state index contributed by atoms with van der Waals surface area (Å²) >= 11 is 0. The molecule has 0 unspecified atom stereocenters. The minimum Gasteiger partial charge on any atom is -0.359 e. The Labute approximate surface area is 111 Å². The maximum atomic E-state index is 4.30. The van der Waals surface area contributed by atoms with E-state index in [1.54, 1.807) is 6.33 Å². The van der Waals surface area contributed by atoms with Gasteiger partial charge in [-0.1, -0.05) is 30.3 Å². The van der Waals surface area contributed by atoms with E-state index in [1.165, 1.54) is 11.9 Å². The van der Waals surface area contributed by atoms with Crippen LogP contribution in [0.25, 0.3) is 11.2 Å². The van der Waals surface area contributed by atoms with Gasteiger partial charge in [0.1, 0.15) is 11.8 Å². The van der Waals surface area contributed by atoms with Crippen molar-refractivity contribution in [3.63, 3.8) is 0 Å². The predicted molar refractivity (Wildman–Crippen MR) is 74.8 cm³/mol. The molecule has 0 aliphatic carbocycles. The minimum atomic E-state index is -0.229. The first-order valence-corrected chi connectivity index (χ1v) is 6.14. The van der Waals surface area contributed by atoms with Crippen LogP contribution in [-0.4, -0.2) is 19.9 Å². The molecule has 0 amide bonds. The number of nitrogens with zero attached hydrogens (tertiary/aromatic N) is 3. The molecule has 19 heavy (non-hydrogen) atoms. The van der Waals surface area contributed by atoms with Crippen molar-refractivity contribution in [1.29, 1.82) is 0 Å². The Morgan fingerprint density at radius 2 is 1.84 bits per heavy atom. The second-order valence-corrected chi connectivity index (χ2v) is 4.94. The standard InChI is InChI=1S/C14H15N5/c1-14(2,10-6-4-3-5-7-10)19-13-11-12(16-8-15-11)17-9-18-13/h3-9H,1-2H3,(H2,15,16,17,18,19). The molecule has 96 valence electrons. The fourth-order valence-corrected chi connectivity index (χ4v) is 2.08. The van der Waals surface area contributed by atoms with E-state index in [-0.39, 0.29) is 5.54 Å². The summed E-state index contributed by atoms with van der Waals surface area (Å²) in [5.41, 5.74) is 2.46. The Morgan fingerprint density at radius 3 is 2.63 bits per heavy atom. The van der Waals surface area contributed by atoms with E-state index in [1.807, 2.05) is 18.2 Å². The highest BCUT2D eigenvalue weighted by atomic mass is 15.1. The molecule has 2 aromatic heterocycles. The van der Waals surface area contributed by atoms with Gasteiger partial charge in [0.25, 0.3) is 0 Å². The highest BCUT2D eigenvalue weighted by Gasteiger charge is 2.21. The number of aromatic amines is 1. The molecular weight excluding hydrogens is 238 g/mol. The number of imidazole rings is 1. The van der Waals surface area contributed by atoms with Crippen LogP contribution in [-0.2, 0) is 5.54 Å². The Bertz CT molecular complexity index is 687. The van der Waals surface area contributed by atoms with Gasteiger partial charge in [0.2, 0.25) is 0 Å². The zero-order valence-electron chi connectivity index (χ0n) is 10.9. The number of hydrogen-bond acceptors (Lipinski definition) is 4.